The van der Waals surface area contributed by atoms with E-state index in [0.717, 1.165) is 138 Å². The second-order valence-electron chi connectivity index (χ2n) is 22.6. The largest absolute Gasteiger partial charge is 0.459 e. The van der Waals surface area contributed by atoms with Crippen LogP contribution in [0.1, 0.15) is 125 Å². The number of hydrogen-bond acceptors (Lipinski definition) is 12. The first-order valence-electron chi connectivity index (χ1n) is 28.3. The van der Waals surface area contributed by atoms with Crippen LogP contribution in [0.5, 0.6) is 0 Å². The van der Waals surface area contributed by atoms with Crippen LogP contribution in [0.4, 0.5) is 0 Å². The van der Waals surface area contributed by atoms with Gasteiger partial charge in [-0.05, 0) is 136 Å². The molecule has 82 heavy (non-hydrogen) atoms. The highest BCUT2D eigenvalue weighted by molar-refractivity contribution is 5.85. The van der Waals surface area contributed by atoms with Crippen LogP contribution in [0.15, 0.2) is 163 Å². The van der Waals surface area contributed by atoms with Crippen LogP contribution in [0.2, 0.25) is 0 Å². The molecule has 6 heterocycles. The van der Waals surface area contributed by atoms with Crippen molar-refractivity contribution in [1.82, 2.24) is 30.7 Å². The Morgan fingerprint density at radius 2 is 0.902 bits per heavy atom. The van der Waals surface area contributed by atoms with Gasteiger partial charge in [-0.1, -0.05) is 131 Å². The van der Waals surface area contributed by atoms with E-state index in [9.17, 15) is 9.59 Å². The highest BCUT2D eigenvalue weighted by atomic mass is 16.5. The van der Waals surface area contributed by atoms with Gasteiger partial charge >= 0.3 is 0 Å². The summed E-state index contributed by atoms with van der Waals surface area (Å²) in [6.07, 6.45) is 0.526. The molecular formula is C68H72N8O6. The molecule has 0 unspecified atom stereocenters. The molecule has 4 atom stereocenters. The summed E-state index contributed by atoms with van der Waals surface area (Å²) in [6, 6.07) is 48.6. The summed E-state index contributed by atoms with van der Waals surface area (Å²) in [5.41, 5.74) is 28.4. The summed E-state index contributed by atoms with van der Waals surface area (Å²) in [5.74, 6) is 3.13. The molecule has 14 nitrogen and oxygen atoms in total. The standard InChI is InChI=1S/2C34H36N4O3/c2*1-20-10-12-28(21(2)14-20)33(25-8-6-5-7-9-25)36-31(39)16-24-11-13-29-26(15-24)17-30(40-29)34(38-18-27(35)19-38)32-22(3)37-41-23(32)4/h2*5-15,17,27,33-34H,16,18-19,35H2,1-4H3,(H,36,39)/t33-,34+;33-,34-/m00/s1. The third-order valence-electron chi connectivity index (χ3n) is 16.1. The van der Waals surface area contributed by atoms with Gasteiger partial charge in [-0.15, -0.1) is 0 Å². The van der Waals surface area contributed by atoms with Crippen molar-refractivity contribution < 1.29 is 27.5 Å². The topological polar surface area (TPSA) is 195 Å². The van der Waals surface area contributed by atoms with Crippen LogP contribution in [0, 0.1) is 55.4 Å². The summed E-state index contributed by atoms with van der Waals surface area (Å²) >= 11 is 0. The Hall–Kier alpha value is -8.40. The molecular weight excluding hydrogens is 1020 g/mol. The molecule has 4 aromatic heterocycles. The van der Waals surface area contributed by atoms with Crippen molar-refractivity contribution in [2.24, 2.45) is 11.5 Å². The van der Waals surface area contributed by atoms with E-state index in [1.54, 1.807) is 0 Å². The van der Waals surface area contributed by atoms with Crippen molar-refractivity contribution >= 4 is 33.8 Å². The van der Waals surface area contributed by atoms with E-state index in [2.05, 4.69) is 131 Å². The lowest BCUT2D eigenvalue weighted by atomic mass is 9.93. The van der Waals surface area contributed by atoms with Crippen LogP contribution in [0.25, 0.3) is 21.9 Å². The summed E-state index contributed by atoms with van der Waals surface area (Å²) in [5, 5.41) is 16.9. The van der Waals surface area contributed by atoms with Gasteiger partial charge in [0, 0.05) is 60.2 Å². The molecule has 6 N–H and O–H groups in total. The van der Waals surface area contributed by atoms with Gasteiger partial charge < -0.3 is 40.0 Å². The minimum Gasteiger partial charge on any atom is -0.459 e. The van der Waals surface area contributed by atoms with E-state index in [1.165, 1.54) is 11.1 Å². The lowest BCUT2D eigenvalue weighted by Crippen LogP contribution is -2.56. The van der Waals surface area contributed by atoms with Crippen molar-refractivity contribution in [3.63, 3.8) is 0 Å². The van der Waals surface area contributed by atoms with Gasteiger partial charge in [-0.3, -0.25) is 19.4 Å². The Morgan fingerprint density at radius 3 is 1.24 bits per heavy atom. The zero-order valence-corrected chi connectivity index (χ0v) is 48.0. The fraction of sp³-hybridized carbons (Fsp3) is 0.294. The Bertz CT molecular complexity index is 3610. The van der Waals surface area contributed by atoms with E-state index in [4.69, 9.17) is 29.3 Å². The smallest absolute Gasteiger partial charge is 0.225 e. The van der Waals surface area contributed by atoms with Crippen LogP contribution in [0.3, 0.4) is 0 Å². The Labute approximate surface area is 478 Å². The first kappa shape index (κ1) is 55.5. The molecule has 0 saturated carbocycles. The van der Waals surface area contributed by atoms with Crippen LogP contribution in [-0.4, -0.2) is 70.2 Å². The molecule has 420 valence electrons. The Morgan fingerprint density at radius 1 is 0.512 bits per heavy atom. The van der Waals surface area contributed by atoms with E-state index in [0.29, 0.717) is 0 Å². The monoisotopic (exact) mass is 1100 g/mol. The molecule has 2 saturated heterocycles. The third kappa shape index (κ3) is 11.8. The fourth-order valence-electron chi connectivity index (χ4n) is 12.1. The molecule has 2 amide bonds. The number of nitrogens with one attached hydrogen (secondary N) is 2. The number of carbonyl (C=O) groups is 2. The highest BCUT2D eigenvalue weighted by Gasteiger charge is 2.39. The summed E-state index contributed by atoms with van der Waals surface area (Å²) < 4.78 is 23.7. The fourth-order valence-corrected chi connectivity index (χ4v) is 12.1. The molecule has 6 aromatic carbocycles. The van der Waals surface area contributed by atoms with Crippen molar-refractivity contribution in [3.8, 4) is 0 Å². The number of furan rings is 2. The average Bonchev–Trinajstić information content (AvgIpc) is 4.17. The molecule has 2 aliphatic heterocycles. The number of hydrogen-bond donors (Lipinski definition) is 4. The zero-order chi connectivity index (χ0) is 57.3. The maximum atomic E-state index is 13.4. The molecule has 2 aliphatic rings. The second kappa shape index (κ2) is 23.6. The normalized spacial score (nSPS) is 15.5. The van der Waals surface area contributed by atoms with Crippen LogP contribution in [-0.2, 0) is 22.4 Å². The molecule has 2 fully saturated rings. The molecule has 12 rings (SSSR count). The number of likely N-dealkylation sites (tertiary alicyclic amines) is 2. The van der Waals surface area contributed by atoms with Crippen LogP contribution < -0.4 is 22.1 Å². The summed E-state index contributed by atoms with van der Waals surface area (Å²) in [7, 11) is 0. The number of aryl methyl sites for hydroxylation is 8. The van der Waals surface area contributed by atoms with E-state index < -0.39 is 0 Å². The van der Waals surface area contributed by atoms with Gasteiger partial charge in [0.05, 0.1) is 48.4 Å². The second-order valence-corrected chi connectivity index (χ2v) is 22.6. The number of benzene rings is 6. The molecule has 0 spiro atoms. The van der Waals surface area contributed by atoms with Crippen molar-refractivity contribution in [2.75, 3.05) is 26.2 Å². The number of fused-ring (bicyclic) bond motifs is 2. The van der Waals surface area contributed by atoms with Gasteiger partial charge in [-0.25, -0.2) is 0 Å². The first-order chi connectivity index (χ1) is 39.5. The zero-order valence-electron chi connectivity index (χ0n) is 48.0. The molecule has 0 aliphatic carbocycles. The Balaban J connectivity index is 0.000000172. The minimum absolute atomic E-state index is 0.0370. The third-order valence-corrected chi connectivity index (χ3v) is 16.1. The summed E-state index contributed by atoms with van der Waals surface area (Å²) in [6.45, 7) is 19.2. The van der Waals surface area contributed by atoms with Crippen LogP contribution >= 0.6 is 0 Å². The number of rotatable bonds is 16. The van der Waals surface area contributed by atoms with Gasteiger partial charge in [0.25, 0.3) is 0 Å². The molecule has 14 heteroatoms. The number of carbonyl (C=O) groups excluding carboxylic acids is 2. The Kier molecular flexibility index (Phi) is 16.0. The van der Waals surface area contributed by atoms with Crippen molar-refractivity contribution in [2.45, 2.75) is 104 Å². The summed E-state index contributed by atoms with van der Waals surface area (Å²) in [4.78, 5) is 31.4. The van der Waals surface area contributed by atoms with E-state index in [1.807, 2.05) is 100 Å². The van der Waals surface area contributed by atoms with Gasteiger partial charge in [0.1, 0.15) is 34.2 Å². The minimum atomic E-state index is -0.229. The van der Waals surface area contributed by atoms with Crippen molar-refractivity contribution in [3.05, 3.63) is 247 Å². The average molecular weight is 1100 g/mol. The quantitative estimate of drug-likeness (QED) is 0.0716. The van der Waals surface area contributed by atoms with Gasteiger partial charge in [0.15, 0.2) is 0 Å². The lowest BCUT2D eigenvalue weighted by molar-refractivity contribution is -0.121. The molecule has 0 bridgehead atoms. The maximum Gasteiger partial charge on any atom is 0.225 e. The number of amides is 2. The van der Waals surface area contributed by atoms with Crippen molar-refractivity contribution in [1.29, 1.82) is 0 Å². The molecule has 0 radical (unpaired) electrons. The van der Waals surface area contributed by atoms with E-state index >= 15 is 0 Å². The predicted molar refractivity (Wildman–Crippen MR) is 319 cm³/mol. The maximum absolute atomic E-state index is 13.4. The molecule has 10 aromatic rings. The van der Waals surface area contributed by atoms with Gasteiger partial charge in [0.2, 0.25) is 11.8 Å². The van der Waals surface area contributed by atoms with Gasteiger partial charge in [-0.2, -0.15) is 0 Å². The van der Waals surface area contributed by atoms with E-state index in [-0.39, 0.29) is 60.9 Å². The first-order valence-corrected chi connectivity index (χ1v) is 28.3. The lowest BCUT2D eigenvalue weighted by Gasteiger charge is -2.41. The number of nitrogens with two attached hydrogens (primary N) is 2. The predicted octanol–water partition coefficient (Wildman–Crippen LogP) is 11.7. The number of nitrogens with zero attached hydrogens (tertiary/aromatic N) is 4. The number of aromatic nitrogens is 2. The SMILES string of the molecule is Cc1ccc([C@@H](NC(=O)Cc2ccc3oc([C@@H](c4c(C)noc4C)N4CC(N)C4)cc3c2)c2ccccc2)c(C)c1.Cc1ccc([C@@H](NC(=O)Cc2ccc3oc([C@H](c4c(C)noc4C)N4CC(N)C4)cc3c2)c2ccccc2)c(C)c1. The highest BCUT2D eigenvalue weighted by Crippen LogP contribution is 2.40.